The standard InChI is InChI=1S/C13H10ClF3N2OS/c14-11-4-3-8(6-10(11)13(15,16)17)19-12(21)18-7-9-2-1-5-20-9/h1-6H,7H2,(H2,18,19,21). The number of halogens is 4. The third-order valence-corrected chi connectivity index (χ3v) is 3.11. The molecular formula is C13H10ClF3N2OS. The third kappa shape index (κ3) is 4.37. The van der Waals surface area contributed by atoms with E-state index in [4.69, 9.17) is 28.2 Å². The van der Waals surface area contributed by atoms with Gasteiger partial charge in [-0.1, -0.05) is 11.6 Å². The number of benzene rings is 1. The second kappa shape index (κ2) is 6.36. The van der Waals surface area contributed by atoms with Crippen molar-refractivity contribution in [2.24, 2.45) is 0 Å². The zero-order valence-electron chi connectivity index (χ0n) is 10.5. The highest BCUT2D eigenvalue weighted by atomic mass is 35.5. The quantitative estimate of drug-likeness (QED) is 0.814. The third-order valence-electron chi connectivity index (χ3n) is 2.53. The summed E-state index contributed by atoms with van der Waals surface area (Å²) in [6.45, 7) is 0.332. The molecule has 0 saturated heterocycles. The molecule has 0 unspecified atom stereocenters. The Morgan fingerprint density at radius 3 is 2.67 bits per heavy atom. The van der Waals surface area contributed by atoms with Crippen molar-refractivity contribution in [3.8, 4) is 0 Å². The summed E-state index contributed by atoms with van der Waals surface area (Å²) in [4.78, 5) is 0. The summed E-state index contributed by atoms with van der Waals surface area (Å²) in [6, 6.07) is 6.96. The lowest BCUT2D eigenvalue weighted by Crippen LogP contribution is -2.27. The average molecular weight is 335 g/mol. The fraction of sp³-hybridized carbons (Fsp3) is 0.154. The summed E-state index contributed by atoms with van der Waals surface area (Å²) in [6.07, 6.45) is -3.00. The number of thiocarbonyl (C=S) groups is 1. The van der Waals surface area contributed by atoms with Crippen LogP contribution in [-0.4, -0.2) is 5.11 Å². The molecule has 1 aromatic carbocycles. The maximum Gasteiger partial charge on any atom is 0.417 e. The van der Waals surface area contributed by atoms with Crippen LogP contribution in [0.4, 0.5) is 18.9 Å². The molecule has 0 saturated carbocycles. The molecule has 0 aliphatic heterocycles. The first-order chi connectivity index (χ1) is 9.86. The van der Waals surface area contributed by atoms with Gasteiger partial charge in [0.2, 0.25) is 0 Å². The first kappa shape index (κ1) is 15.7. The van der Waals surface area contributed by atoms with Gasteiger partial charge >= 0.3 is 6.18 Å². The van der Waals surface area contributed by atoms with Crippen molar-refractivity contribution in [2.45, 2.75) is 12.7 Å². The highest BCUT2D eigenvalue weighted by Crippen LogP contribution is 2.36. The van der Waals surface area contributed by atoms with Crippen LogP contribution in [-0.2, 0) is 12.7 Å². The SMILES string of the molecule is FC(F)(F)c1cc(NC(=S)NCc2ccco2)ccc1Cl. The van der Waals surface area contributed by atoms with Crippen LogP contribution in [0.15, 0.2) is 41.0 Å². The van der Waals surface area contributed by atoms with Gasteiger partial charge in [-0.3, -0.25) is 0 Å². The Labute approximate surface area is 129 Å². The molecule has 0 amide bonds. The summed E-state index contributed by atoms with van der Waals surface area (Å²) in [7, 11) is 0. The number of anilines is 1. The lowest BCUT2D eigenvalue weighted by molar-refractivity contribution is -0.137. The van der Waals surface area contributed by atoms with Crippen molar-refractivity contribution in [1.29, 1.82) is 0 Å². The number of furan rings is 1. The van der Waals surface area contributed by atoms with Gasteiger partial charge in [0.25, 0.3) is 0 Å². The molecule has 0 atom stereocenters. The lowest BCUT2D eigenvalue weighted by Gasteiger charge is -2.13. The van der Waals surface area contributed by atoms with E-state index in [2.05, 4.69) is 10.6 Å². The first-order valence-electron chi connectivity index (χ1n) is 5.80. The second-order valence-corrected chi connectivity index (χ2v) is 4.89. The van der Waals surface area contributed by atoms with E-state index in [1.54, 1.807) is 12.1 Å². The smallest absolute Gasteiger partial charge is 0.417 e. The first-order valence-corrected chi connectivity index (χ1v) is 6.59. The number of hydrogen-bond donors (Lipinski definition) is 2. The molecule has 1 aromatic heterocycles. The topological polar surface area (TPSA) is 37.2 Å². The molecule has 0 radical (unpaired) electrons. The van der Waals surface area contributed by atoms with Gasteiger partial charge in [-0.2, -0.15) is 13.2 Å². The van der Waals surface area contributed by atoms with E-state index in [0.717, 1.165) is 6.07 Å². The van der Waals surface area contributed by atoms with Crippen LogP contribution in [0.2, 0.25) is 5.02 Å². The number of alkyl halides is 3. The van der Waals surface area contributed by atoms with Crippen LogP contribution in [0.3, 0.4) is 0 Å². The van der Waals surface area contributed by atoms with Gasteiger partial charge in [0, 0.05) is 5.69 Å². The Hall–Kier alpha value is -1.73. The monoisotopic (exact) mass is 334 g/mol. The molecule has 0 bridgehead atoms. The Kier molecular flexibility index (Phi) is 4.74. The van der Waals surface area contributed by atoms with E-state index in [-0.39, 0.29) is 15.8 Å². The Balaban J connectivity index is 2.01. The number of rotatable bonds is 3. The van der Waals surface area contributed by atoms with Gasteiger partial charge in [0.1, 0.15) is 5.76 Å². The Bertz CT molecular complexity index is 629. The highest BCUT2D eigenvalue weighted by Gasteiger charge is 2.33. The summed E-state index contributed by atoms with van der Waals surface area (Å²) < 4.78 is 43.3. The minimum atomic E-state index is -4.52. The van der Waals surface area contributed by atoms with Gasteiger partial charge in [0.15, 0.2) is 5.11 Å². The van der Waals surface area contributed by atoms with E-state index in [1.807, 2.05) is 0 Å². The Morgan fingerprint density at radius 2 is 2.05 bits per heavy atom. The van der Waals surface area contributed by atoms with Crippen molar-refractivity contribution in [1.82, 2.24) is 5.32 Å². The fourth-order valence-electron chi connectivity index (χ4n) is 1.58. The van der Waals surface area contributed by atoms with E-state index in [9.17, 15) is 13.2 Å². The van der Waals surface area contributed by atoms with Crippen LogP contribution in [0.25, 0.3) is 0 Å². The van der Waals surface area contributed by atoms with Gasteiger partial charge < -0.3 is 15.1 Å². The molecule has 0 fully saturated rings. The van der Waals surface area contributed by atoms with Gasteiger partial charge in [0.05, 0.1) is 23.4 Å². The van der Waals surface area contributed by atoms with Crippen LogP contribution in [0, 0.1) is 0 Å². The predicted octanol–water partition coefficient (Wildman–Crippen LogP) is 4.44. The minimum absolute atomic E-state index is 0.182. The molecule has 0 aliphatic rings. The molecule has 0 aliphatic carbocycles. The molecular weight excluding hydrogens is 325 g/mol. The molecule has 2 rings (SSSR count). The van der Waals surface area contributed by atoms with Crippen LogP contribution < -0.4 is 10.6 Å². The van der Waals surface area contributed by atoms with Gasteiger partial charge in [-0.15, -0.1) is 0 Å². The van der Waals surface area contributed by atoms with E-state index in [1.165, 1.54) is 18.4 Å². The van der Waals surface area contributed by atoms with Crippen LogP contribution in [0.5, 0.6) is 0 Å². The predicted molar refractivity (Wildman–Crippen MR) is 78.2 cm³/mol. The largest absolute Gasteiger partial charge is 0.467 e. The molecule has 2 N–H and O–H groups in total. The summed E-state index contributed by atoms with van der Waals surface area (Å²) in [5.41, 5.74) is -0.716. The molecule has 0 spiro atoms. The van der Waals surface area contributed by atoms with Crippen molar-refractivity contribution in [3.05, 3.63) is 52.9 Å². The highest BCUT2D eigenvalue weighted by molar-refractivity contribution is 7.80. The number of hydrogen-bond acceptors (Lipinski definition) is 2. The summed E-state index contributed by atoms with van der Waals surface area (Å²) >= 11 is 10.5. The van der Waals surface area contributed by atoms with E-state index < -0.39 is 11.7 Å². The maximum absolute atomic E-state index is 12.7. The van der Waals surface area contributed by atoms with Crippen molar-refractivity contribution in [3.63, 3.8) is 0 Å². The van der Waals surface area contributed by atoms with Crippen molar-refractivity contribution < 1.29 is 17.6 Å². The number of nitrogens with one attached hydrogen (secondary N) is 2. The maximum atomic E-state index is 12.7. The molecule has 21 heavy (non-hydrogen) atoms. The fourth-order valence-corrected chi connectivity index (χ4v) is 1.99. The zero-order chi connectivity index (χ0) is 15.5. The van der Waals surface area contributed by atoms with E-state index in [0.29, 0.717) is 12.3 Å². The van der Waals surface area contributed by atoms with Crippen LogP contribution in [0.1, 0.15) is 11.3 Å². The molecule has 3 nitrogen and oxygen atoms in total. The molecule has 2 aromatic rings. The van der Waals surface area contributed by atoms with E-state index >= 15 is 0 Å². The molecule has 1 heterocycles. The summed E-state index contributed by atoms with van der Waals surface area (Å²) in [5.74, 6) is 0.659. The molecule has 8 heteroatoms. The molecule has 112 valence electrons. The summed E-state index contributed by atoms with van der Waals surface area (Å²) in [5, 5.41) is 5.31. The van der Waals surface area contributed by atoms with Crippen molar-refractivity contribution >= 4 is 34.6 Å². The van der Waals surface area contributed by atoms with Gasteiger partial charge in [-0.05, 0) is 42.5 Å². The lowest BCUT2D eigenvalue weighted by atomic mass is 10.2. The second-order valence-electron chi connectivity index (χ2n) is 4.08. The average Bonchev–Trinajstić information content (AvgIpc) is 2.90. The Morgan fingerprint density at radius 1 is 1.29 bits per heavy atom. The van der Waals surface area contributed by atoms with Crippen molar-refractivity contribution in [2.75, 3.05) is 5.32 Å². The zero-order valence-corrected chi connectivity index (χ0v) is 12.1. The minimum Gasteiger partial charge on any atom is -0.467 e. The normalized spacial score (nSPS) is 11.2. The van der Waals surface area contributed by atoms with Crippen LogP contribution >= 0.6 is 23.8 Å². The van der Waals surface area contributed by atoms with Gasteiger partial charge in [-0.25, -0.2) is 0 Å².